The minimum Gasteiger partial charge on any atom is -0.493 e. The van der Waals surface area contributed by atoms with Gasteiger partial charge in [0.25, 0.3) is 11.8 Å². The third-order valence-corrected chi connectivity index (χ3v) is 5.97. The fraction of sp³-hybridized carbons (Fsp3) is 0.250. The topological polar surface area (TPSA) is 89.0 Å². The molecule has 0 saturated heterocycles. The molecule has 0 spiro atoms. The number of amides is 2. The highest BCUT2D eigenvalue weighted by molar-refractivity contribution is 6.31. The Morgan fingerprint density at radius 3 is 2.41 bits per heavy atom. The Morgan fingerprint density at radius 2 is 1.73 bits per heavy atom. The average molecular weight is 542 g/mol. The zero-order valence-corrected chi connectivity index (χ0v) is 22.3. The van der Waals surface area contributed by atoms with Crippen LogP contribution in [0.4, 0.5) is 0 Å². The Hall–Kier alpha value is -3.55. The molecule has 0 fully saturated rings. The van der Waals surface area contributed by atoms with Gasteiger partial charge in [-0.05, 0) is 66.4 Å². The molecule has 0 aliphatic rings. The molecular formula is C28H29Cl2N3O4. The van der Waals surface area contributed by atoms with E-state index in [-0.39, 0.29) is 11.8 Å². The van der Waals surface area contributed by atoms with Gasteiger partial charge >= 0.3 is 0 Å². The summed E-state index contributed by atoms with van der Waals surface area (Å²) < 4.78 is 11.3. The molecule has 1 atom stereocenters. The Kier molecular flexibility index (Phi) is 10.4. The summed E-state index contributed by atoms with van der Waals surface area (Å²) in [5, 5.41) is 7.99. The summed E-state index contributed by atoms with van der Waals surface area (Å²) in [6, 6.07) is 18.4. The normalized spacial score (nSPS) is 11.8. The van der Waals surface area contributed by atoms with Crippen LogP contribution in [0.2, 0.25) is 10.0 Å². The molecule has 0 bridgehead atoms. The van der Waals surface area contributed by atoms with Gasteiger partial charge in [0.2, 0.25) is 0 Å². The molecule has 3 aromatic rings. The van der Waals surface area contributed by atoms with Crippen LogP contribution in [-0.2, 0) is 11.4 Å². The Bertz CT molecular complexity index is 1250. The highest BCUT2D eigenvalue weighted by atomic mass is 35.5. The van der Waals surface area contributed by atoms with Gasteiger partial charge in [-0.3, -0.25) is 9.59 Å². The first-order valence-corrected chi connectivity index (χ1v) is 12.5. The zero-order valence-electron chi connectivity index (χ0n) is 20.8. The molecule has 3 rings (SSSR count). The molecule has 2 amide bonds. The monoisotopic (exact) mass is 541 g/mol. The number of ether oxygens (including phenoxy) is 2. The number of hydrazone groups is 1. The standard InChI is InChI=1S/C28H29Cl2N3O4/c1-18(2)14-24(32-27(34)20-9-11-22(29)12-10-20)28(35)33-31-16-19-8-13-25(26(15-19)36-3)37-17-21-6-4-5-7-23(21)30/h4-13,15-16,18,24H,14,17H2,1-3H3,(H,32,34)(H,33,35). The van der Waals surface area contributed by atoms with Crippen molar-refractivity contribution in [1.29, 1.82) is 0 Å². The van der Waals surface area contributed by atoms with E-state index in [0.717, 1.165) is 5.56 Å². The van der Waals surface area contributed by atoms with E-state index in [4.69, 9.17) is 32.7 Å². The van der Waals surface area contributed by atoms with Crippen LogP contribution in [0, 0.1) is 5.92 Å². The molecule has 1 unspecified atom stereocenters. The first-order chi connectivity index (χ1) is 17.8. The summed E-state index contributed by atoms with van der Waals surface area (Å²) in [6.07, 6.45) is 1.94. The first kappa shape index (κ1) is 28.0. The van der Waals surface area contributed by atoms with Crippen molar-refractivity contribution in [1.82, 2.24) is 10.7 Å². The van der Waals surface area contributed by atoms with Gasteiger partial charge in [0, 0.05) is 21.2 Å². The van der Waals surface area contributed by atoms with Crippen LogP contribution in [0.25, 0.3) is 0 Å². The number of halogens is 2. The molecule has 0 heterocycles. The van der Waals surface area contributed by atoms with E-state index in [1.807, 2.05) is 32.0 Å². The summed E-state index contributed by atoms with van der Waals surface area (Å²) in [4.78, 5) is 25.4. The molecule has 0 saturated carbocycles. The minimum atomic E-state index is -0.754. The number of carbonyl (C=O) groups is 2. The van der Waals surface area contributed by atoms with Gasteiger partial charge in [-0.25, -0.2) is 5.43 Å². The first-order valence-electron chi connectivity index (χ1n) is 11.7. The van der Waals surface area contributed by atoms with Gasteiger partial charge in [-0.2, -0.15) is 5.10 Å². The maximum Gasteiger partial charge on any atom is 0.262 e. The van der Waals surface area contributed by atoms with E-state index in [2.05, 4.69) is 15.8 Å². The molecule has 3 aromatic carbocycles. The van der Waals surface area contributed by atoms with Crippen LogP contribution in [0.1, 0.15) is 41.8 Å². The van der Waals surface area contributed by atoms with Gasteiger partial charge < -0.3 is 14.8 Å². The number of methoxy groups -OCH3 is 1. The van der Waals surface area contributed by atoms with E-state index < -0.39 is 11.9 Å². The molecule has 7 nitrogen and oxygen atoms in total. The molecular weight excluding hydrogens is 513 g/mol. The molecule has 194 valence electrons. The van der Waals surface area contributed by atoms with Crippen LogP contribution in [0.15, 0.2) is 71.8 Å². The largest absolute Gasteiger partial charge is 0.493 e. The number of nitrogens with zero attached hydrogens (tertiary/aromatic N) is 1. The van der Waals surface area contributed by atoms with Crippen LogP contribution < -0.4 is 20.2 Å². The predicted octanol–water partition coefficient (Wildman–Crippen LogP) is 5.88. The lowest BCUT2D eigenvalue weighted by molar-refractivity contribution is -0.123. The van der Waals surface area contributed by atoms with Gasteiger partial charge in [-0.15, -0.1) is 0 Å². The number of hydrogen-bond donors (Lipinski definition) is 2. The number of rotatable bonds is 11. The smallest absolute Gasteiger partial charge is 0.262 e. The van der Waals surface area contributed by atoms with E-state index in [9.17, 15) is 9.59 Å². The SMILES string of the molecule is COc1cc(C=NNC(=O)C(CC(C)C)NC(=O)c2ccc(Cl)cc2)ccc1OCc1ccccc1Cl. The highest BCUT2D eigenvalue weighted by Gasteiger charge is 2.22. The van der Waals surface area contributed by atoms with E-state index in [1.54, 1.807) is 55.6 Å². The van der Waals surface area contributed by atoms with Crippen LogP contribution in [0.5, 0.6) is 11.5 Å². The fourth-order valence-electron chi connectivity index (χ4n) is 3.45. The van der Waals surface area contributed by atoms with E-state index >= 15 is 0 Å². The molecule has 9 heteroatoms. The predicted molar refractivity (Wildman–Crippen MR) is 147 cm³/mol. The van der Waals surface area contributed by atoms with Gasteiger partial charge in [0.15, 0.2) is 11.5 Å². The second-order valence-corrected chi connectivity index (χ2v) is 9.53. The summed E-state index contributed by atoms with van der Waals surface area (Å²) in [7, 11) is 1.54. The maximum absolute atomic E-state index is 12.8. The third kappa shape index (κ3) is 8.51. The van der Waals surface area contributed by atoms with E-state index in [1.165, 1.54) is 6.21 Å². The quantitative estimate of drug-likeness (QED) is 0.234. The second-order valence-electron chi connectivity index (χ2n) is 8.69. The van der Waals surface area contributed by atoms with Crippen LogP contribution in [-0.4, -0.2) is 31.2 Å². The zero-order chi connectivity index (χ0) is 26.8. The molecule has 0 radical (unpaired) electrons. The lowest BCUT2D eigenvalue weighted by Gasteiger charge is -2.19. The summed E-state index contributed by atoms with van der Waals surface area (Å²) >= 11 is 12.1. The second kappa shape index (κ2) is 13.7. The maximum atomic E-state index is 12.8. The van der Waals surface area contributed by atoms with Crippen molar-refractivity contribution >= 4 is 41.2 Å². The van der Waals surface area contributed by atoms with Crippen molar-refractivity contribution in [2.45, 2.75) is 32.9 Å². The molecule has 0 aliphatic heterocycles. The third-order valence-electron chi connectivity index (χ3n) is 5.35. The van der Waals surface area contributed by atoms with E-state index in [0.29, 0.717) is 45.7 Å². The van der Waals surface area contributed by atoms with Crippen molar-refractivity contribution in [2.24, 2.45) is 11.0 Å². The average Bonchev–Trinajstić information content (AvgIpc) is 2.88. The van der Waals surface area contributed by atoms with Crippen LogP contribution >= 0.6 is 23.2 Å². The molecule has 37 heavy (non-hydrogen) atoms. The summed E-state index contributed by atoms with van der Waals surface area (Å²) in [6.45, 7) is 4.23. The number of hydrogen-bond acceptors (Lipinski definition) is 5. The van der Waals surface area contributed by atoms with Crippen molar-refractivity contribution in [2.75, 3.05) is 7.11 Å². The van der Waals surface area contributed by atoms with Gasteiger partial charge in [0.05, 0.1) is 13.3 Å². The summed E-state index contributed by atoms with van der Waals surface area (Å²) in [5.74, 6) is 0.450. The minimum absolute atomic E-state index is 0.174. The van der Waals surface area contributed by atoms with Crippen molar-refractivity contribution in [3.05, 3.63) is 93.5 Å². The lowest BCUT2D eigenvalue weighted by atomic mass is 10.0. The molecule has 0 aliphatic carbocycles. The van der Waals surface area contributed by atoms with Gasteiger partial charge in [-0.1, -0.05) is 55.2 Å². The van der Waals surface area contributed by atoms with Crippen LogP contribution in [0.3, 0.4) is 0 Å². The lowest BCUT2D eigenvalue weighted by Crippen LogP contribution is -2.46. The van der Waals surface area contributed by atoms with Crippen molar-refractivity contribution in [3.8, 4) is 11.5 Å². The number of nitrogens with one attached hydrogen (secondary N) is 2. The highest BCUT2D eigenvalue weighted by Crippen LogP contribution is 2.29. The number of benzene rings is 3. The molecule has 2 N–H and O–H groups in total. The number of carbonyl (C=O) groups excluding carboxylic acids is 2. The Morgan fingerprint density at radius 1 is 1.00 bits per heavy atom. The van der Waals surface area contributed by atoms with Crippen molar-refractivity contribution in [3.63, 3.8) is 0 Å². The van der Waals surface area contributed by atoms with Crippen molar-refractivity contribution < 1.29 is 19.1 Å². The van der Waals surface area contributed by atoms with Gasteiger partial charge in [0.1, 0.15) is 12.6 Å². The Balaban J connectivity index is 1.62. The molecule has 0 aromatic heterocycles. The fourth-order valence-corrected chi connectivity index (χ4v) is 3.77. The Labute approximate surface area is 226 Å². The summed E-state index contributed by atoms with van der Waals surface area (Å²) in [5.41, 5.74) is 4.48.